The molecule has 0 aliphatic rings. The minimum atomic E-state index is -0.148. The number of hydrogen-bond donors (Lipinski definition) is 1. The highest BCUT2D eigenvalue weighted by Gasteiger charge is 2.16. The molecule has 0 spiro atoms. The van der Waals surface area contributed by atoms with E-state index in [9.17, 15) is 4.79 Å². The molecule has 0 radical (unpaired) electrons. The number of nitrogens with one attached hydrogen (secondary N) is 1. The van der Waals surface area contributed by atoms with Crippen LogP contribution in [-0.2, 0) is 9.53 Å². The van der Waals surface area contributed by atoms with Crippen LogP contribution in [0.2, 0.25) is 0 Å². The normalized spacial score (nSPS) is 12.0. The van der Waals surface area contributed by atoms with Crippen LogP contribution in [-0.4, -0.2) is 19.6 Å². The number of hydrogen-bond acceptors (Lipinski definition) is 3. The maximum atomic E-state index is 11.5. The third kappa shape index (κ3) is 3.77. The maximum Gasteiger partial charge on any atom is 0.310 e. The molecule has 0 saturated carbocycles. The second-order valence-corrected chi connectivity index (χ2v) is 4.33. The summed E-state index contributed by atoms with van der Waals surface area (Å²) >= 11 is 0. The summed E-state index contributed by atoms with van der Waals surface area (Å²) in [7, 11) is 1.43. The van der Waals surface area contributed by atoms with Crippen molar-refractivity contribution >= 4 is 11.7 Å². The van der Waals surface area contributed by atoms with E-state index in [2.05, 4.69) is 37.4 Å². The first-order valence-electron chi connectivity index (χ1n) is 5.97. The molecular formula is C14H21NO2. The van der Waals surface area contributed by atoms with Crippen molar-refractivity contribution in [3.8, 4) is 0 Å². The largest absolute Gasteiger partial charge is 0.469 e. The number of anilines is 1. The van der Waals surface area contributed by atoms with Gasteiger partial charge >= 0.3 is 5.97 Å². The molecule has 0 aliphatic carbocycles. The first-order valence-corrected chi connectivity index (χ1v) is 5.97. The summed E-state index contributed by atoms with van der Waals surface area (Å²) < 4.78 is 4.77. The summed E-state index contributed by atoms with van der Waals surface area (Å²) in [4.78, 5) is 11.5. The van der Waals surface area contributed by atoms with Gasteiger partial charge in [0.1, 0.15) is 0 Å². The van der Waals surface area contributed by atoms with Gasteiger partial charge in [-0.3, -0.25) is 4.79 Å². The standard InChI is InChI=1S/C14H21NO2/c1-5-12(14(16)17-4)9-15-13-8-10(2)6-7-11(13)3/h6-8,12,15H,5,9H2,1-4H3. The number of ether oxygens (including phenoxy) is 1. The summed E-state index contributed by atoms with van der Waals surface area (Å²) in [5, 5.41) is 3.32. The Bertz CT molecular complexity index is 388. The highest BCUT2D eigenvalue weighted by molar-refractivity contribution is 5.73. The molecule has 0 saturated heterocycles. The van der Waals surface area contributed by atoms with Gasteiger partial charge in [0.2, 0.25) is 0 Å². The lowest BCUT2D eigenvalue weighted by atomic mass is 10.1. The van der Waals surface area contributed by atoms with Gasteiger partial charge in [-0.2, -0.15) is 0 Å². The van der Waals surface area contributed by atoms with Crippen molar-refractivity contribution in [2.24, 2.45) is 5.92 Å². The molecule has 1 unspecified atom stereocenters. The number of esters is 1. The Morgan fingerprint density at radius 3 is 2.71 bits per heavy atom. The predicted molar refractivity (Wildman–Crippen MR) is 70.2 cm³/mol. The van der Waals surface area contributed by atoms with Gasteiger partial charge in [0.05, 0.1) is 13.0 Å². The van der Waals surface area contributed by atoms with Crippen LogP contribution in [0.25, 0.3) is 0 Å². The van der Waals surface area contributed by atoms with E-state index in [-0.39, 0.29) is 11.9 Å². The average molecular weight is 235 g/mol. The van der Waals surface area contributed by atoms with Gasteiger partial charge in [0.15, 0.2) is 0 Å². The van der Waals surface area contributed by atoms with Gasteiger partial charge in [-0.25, -0.2) is 0 Å². The van der Waals surface area contributed by atoms with Gasteiger partial charge in [-0.15, -0.1) is 0 Å². The molecule has 1 aromatic carbocycles. The predicted octanol–water partition coefficient (Wildman–Crippen LogP) is 2.91. The zero-order chi connectivity index (χ0) is 12.8. The van der Waals surface area contributed by atoms with Gasteiger partial charge in [0, 0.05) is 12.2 Å². The number of methoxy groups -OCH3 is 1. The van der Waals surface area contributed by atoms with Crippen molar-refractivity contribution in [2.45, 2.75) is 27.2 Å². The van der Waals surface area contributed by atoms with Crippen molar-refractivity contribution in [1.82, 2.24) is 0 Å². The molecule has 3 heteroatoms. The van der Waals surface area contributed by atoms with E-state index in [0.29, 0.717) is 6.54 Å². The zero-order valence-corrected chi connectivity index (χ0v) is 11.0. The SMILES string of the molecule is CCC(CNc1cc(C)ccc1C)C(=O)OC. The van der Waals surface area contributed by atoms with Gasteiger partial charge < -0.3 is 10.1 Å². The topological polar surface area (TPSA) is 38.3 Å². The molecule has 0 amide bonds. The zero-order valence-electron chi connectivity index (χ0n) is 11.0. The molecule has 94 valence electrons. The molecule has 0 heterocycles. The molecule has 1 atom stereocenters. The Morgan fingerprint density at radius 2 is 2.12 bits per heavy atom. The Kier molecular flexibility index (Phi) is 5.01. The fourth-order valence-corrected chi connectivity index (χ4v) is 1.72. The van der Waals surface area contributed by atoms with Crippen molar-refractivity contribution in [3.05, 3.63) is 29.3 Å². The molecule has 1 aromatic rings. The van der Waals surface area contributed by atoms with Crippen molar-refractivity contribution in [2.75, 3.05) is 19.0 Å². The third-order valence-electron chi connectivity index (χ3n) is 2.96. The number of carbonyl (C=O) groups excluding carboxylic acids is 1. The molecule has 1 rings (SSSR count). The maximum absolute atomic E-state index is 11.5. The van der Waals surface area contributed by atoms with Gasteiger partial charge in [0.25, 0.3) is 0 Å². The Hall–Kier alpha value is -1.51. The lowest BCUT2D eigenvalue weighted by Crippen LogP contribution is -2.24. The van der Waals surface area contributed by atoms with E-state index in [0.717, 1.165) is 12.1 Å². The molecule has 1 N–H and O–H groups in total. The number of carbonyl (C=O) groups is 1. The molecule has 0 bridgehead atoms. The van der Waals surface area contributed by atoms with Crippen LogP contribution >= 0.6 is 0 Å². The fourth-order valence-electron chi connectivity index (χ4n) is 1.72. The lowest BCUT2D eigenvalue weighted by molar-refractivity contribution is -0.145. The van der Waals surface area contributed by atoms with E-state index in [4.69, 9.17) is 4.74 Å². The second kappa shape index (κ2) is 6.28. The van der Waals surface area contributed by atoms with E-state index in [1.807, 2.05) is 6.92 Å². The van der Waals surface area contributed by atoms with Crippen LogP contribution in [0.5, 0.6) is 0 Å². The summed E-state index contributed by atoms with van der Waals surface area (Å²) in [5.74, 6) is -0.231. The molecule has 0 aromatic heterocycles. The van der Waals surface area contributed by atoms with E-state index < -0.39 is 0 Å². The van der Waals surface area contributed by atoms with E-state index >= 15 is 0 Å². The first-order chi connectivity index (χ1) is 8.08. The number of aryl methyl sites for hydroxylation is 2. The highest BCUT2D eigenvalue weighted by atomic mass is 16.5. The summed E-state index contributed by atoms with van der Waals surface area (Å²) in [6.45, 7) is 6.73. The van der Waals surface area contributed by atoms with Crippen LogP contribution in [0.1, 0.15) is 24.5 Å². The van der Waals surface area contributed by atoms with E-state index in [1.54, 1.807) is 0 Å². The van der Waals surface area contributed by atoms with Gasteiger partial charge in [-0.05, 0) is 37.5 Å². The number of benzene rings is 1. The molecule has 3 nitrogen and oxygen atoms in total. The van der Waals surface area contributed by atoms with Crippen LogP contribution in [0.4, 0.5) is 5.69 Å². The van der Waals surface area contributed by atoms with Gasteiger partial charge in [-0.1, -0.05) is 19.1 Å². The van der Waals surface area contributed by atoms with Crippen LogP contribution in [0.15, 0.2) is 18.2 Å². The quantitative estimate of drug-likeness (QED) is 0.797. The molecular weight excluding hydrogens is 214 g/mol. The summed E-state index contributed by atoms with van der Waals surface area (Å²) in [6.07, 6.45) is 0.782. The summed E-state index contributed by atoms with van der Waals surface area (Å²) in [6, 6.07) is 6.26. The van der Waals surface area contributed by atoms with Crippen molar-refractivity contribution in [3.63, 3.8) is 0 Å². The average Bonchev–Trinajstić information content (AvgIpc) is 2.33. The van der Waals surface area contributed by atoms with Crippen molar-refractivity contribution in [1.29, 1.82) is 0 Å². The minimum Gasteiger partial charge on any atom is -0.469 e. The van der Waals surface area contributed by atoms with Crippen LogP contribution in [0.3, 0.4) is 0 Å². The fraction of sp³-hybridized carbons (Fsp3) is 0.500. The third-order valence-corrected chi connectivity index (χ3v) is 2.96. The molecule has 0 fully saturated rings. The Balaban J connectivity index is 2.65. The first kappa shape index (κ1) is 13.6. The molecule has 0 aliphatic heterocycles. The molecule has 17 heavy (non-hydrogen) atoms. The summed E-state index contributed by atoms with van der Waals surface area (Å²) in [5.41, 5.74) is 3.49. The highest BCUT2D eigenvalue weighted by Crippen LogP contribution is 2.17. The van der Waals surface area contributed by atoms with Crippen LogP contribution < -0.4 is 5.32 Å². The van der Waals surface area contributed by atoms with Crippen LogP contribution in [0, 0.1) is 19.8 Å². The van der Waals surface area contributed by atoms with E-state index in [1.165, 1.54) is 18.2 Å². The Labute approximate surface area is 103 Å². The monoisotopic (exact) mass is 235 g/mol. The second-order valence-electron chi connectivity index (χ2n) is 4.33. The smallest absolute Gasteiger partial charge is 0.310 e. The van der Waals surface area contributed by atoms with Crippen molar-refractivity contribution < 1.29 is 9.53 Å². The Morgan fingerprint density at radius 1 is 1.41 bits per heavy atom. The number of rotatable bonds is 5. The lowest BCUT2D eigenvalue weighted by Gasteiger charge is -2.16. The minimum absolute atomic E-state index is 0.0834.